The maximum Gasteiger partial charge on any atom is 0.251 e. The fourth-order valence-corrected chi connectivity index (χ4v) is 2.58. The summed E-state index contributed by atoms with van der Waals surface area (Å²) in [7, 11) is 0. The number of nitrogen functional groups attached to an aromatic ring is 1. The van der Waals surface area contributed by atoms with Gasteiger partial charge in [-0.25, -0.2) is 18.9 Å². The number of aromatic nitrogens is 4. The Morgan fingerprint density at radius 2 is 2.04 bits per heavy atom. The molecule has 23 heavy (non-hydrogen) atoms. The Morgan fingerprint density at radius 3 is 2.87 bits per heavy atom. The number of nitrogens with zero attached hydrogens (tertiary/aromatic N) is 5. The van der Waals surface area contributed by atoms with Gasteiger partial charge in [0.15, 0.2) is 5.82 Å². The van der Waals surface area contributed by atoms with Crippen LogP contribution >= 0.6 is 0 Å². The van der Waals surface area contributed by atoms with Crippen molar-refractivity contribution >= 4 is 17.3 Å². The Labute approximate surface area is 131 Å². The van der Waals surface area contributed by atoms with E-state index in [0.29, 0.717) is 35.9 Å². The summed E-state index contributed by atoms with van der Waals surface area (Å²) in [5.74, 6) is 0.785. The molecule has 1 fully saturated rings. The second kappa shape index (κ2) is 5.47. The number of imidazole rings is 1. The van der Waals surface area contributed by atoms with Crippen LogP contribution in [-0.4, -0.2) is 45.9 Å². The zero-order chi connectivity index (χ0) is 15.8. The largest absolute Gasteiger partial charge is 0.399 e. The SMILES string of the molecule is Nc1ccc(F)c(-c2cn3nc(N4CCOCC4)cnc3n2)c1. The zero-order valence-electron chi connectivity index (χ0n) is 12.3. The van der Waals surface area contributed by atoms with E-state index in [1.54, 1.807) is 23.0 Å². The molecule has 0 saturated carbocycles. The van der Waals surface area contributed by atoms with Crippen molar-refractivity contribution in [1.82, 2.24) is 19.6 Å². The molecule has 3 heterocycles. The van der Waals surface area contributed by atoms with Crippen molar-refractivity contribution in [2.75, 3.05) is 36.9 Å². The van der Waals surface area contributed by atoms with Gasteiger partial charge in [0.05, 0.1) is 31.3 Å². The van der Waals surface area contributed by atoms with Crippen LogP contribution < -0.4 is 10.6 Å². The van der Waals surface area contributed by atoms with Crippen LogP contribution in [-0.2, 0) is 4.74 Å². The van der Waals surface area contributed by atoms with Gasteiger partial charge < -0.3 is 15.4 Å². The Kier molecular flexibility index (Phi) is 3.30. The molecule has 2 N–H and O–H groups in total. The minimum Gasteiger partial charge on any atom is -0.399 e. The average Bonchev–Trinajstić information content (AvgIpc) is 3.00. The minimum atomic E-state index is -0.379. The van der Waals surface area contributed by atoms with Gasteiger partial charge in [-0.2, -0.15) is 0 Å². The van der Waals surface area contributed by atoms with E-state index >= 15 is 0 Å². The summed E-state index contributed by atoms with van der Waals surface area (Å²) in [5, 5.41) is 4.51. The molecule has 1 aliphatic rings. The maximum atomic E-state index is 14.0. The zero-order valence-corrected chi connectivity index (χ0v) is 12.3. The first-order chi connectivity index (χ1) is 11.2. The number of halogens is 1. The smallest absolute Gasteiger partial charge is 0.251 e. The highest BCUT2D eigenvalue weighted by Gasteiger charge is 2.15. The fourth-order valence-electron chi connectivity index (χ4n) is 2.58. The van der Waals surface area contributed by atoms with Crippen molar-refractivity contribution < 1.29 is 9.13 Å². The summed E-state index contributed by atoms with van der Waals surface area (Å²) in [6, 6.07) is 4.40. The molecular formula is C15H15FN6O. The molecular weight excluding hydrogens is 299 g/mol. The Morgan fingerprint density at radius 1 is 1.22 bits per heavy atom. The first-order valence-corrected chi connectivity index (χ1v) is 7.31. The molecule has 1 aromatic carbocycles. The number of anilines is 2. The highest BCUT2D eigenvalue weighted by atomic mass is 19.1. The summed E-state index contributed by atoms with van der Waals surface area (Å²) < 4.78 is 20.9. The molecule has 0 unspecified atom stereocenters. The highest BCUT2D eigenvalue weighted by molar-refractivity contribution is 5.66. The van der Waals surface area contributed by atoms with Crippen LogP contribution in [0.4, 0.5) is 15.9 Å². The molecule has 0 aliphatic carbocycles. The molecule has 1 aliphatic heterocycles. The van der Waals surface area contributed by atoms with Gasteiger partial charge in [0.2, 0.25) is 0 Å². The third-order valence-corrected chi connectivity index (χ3v) is 3.78. The third-order valence-electron chi connectivity index (χ3n) is 3.78. The van der Waals surface area contributed by atoms with Gasteiger partial charge in [0.25, 0.3) is 5.78 Å². The Balaban J connectivity index is 1.74. The van der Waals surface area contributed by atoms with Gasteiger partial charge in [-0.1, -0.05) is 0 Å². The number of benzene rings is 1. The van der Waals surface area contributed by atoms with Gasteiger partial charge in [-0.3, -0.25) is 0 Å². The summed E-state index contributed by atoms with van der Waals surface area (Å²) in [6.07, 6.45) is 3.33. The average molecular weight is 314 g/mol. The number of fused-ring (bicyclic) bond motifs is 1. The van der Waals surface area contributed by atoms with Gasteiger partial charge in [-0.05, 0) is 18.2 Å². The number of morpholine rings is 1. The molecule has 0 radical (unpaired) electrons. The predicted molar refractivity (Wildman–Crippen MR) is 83.6 cm³/mol. The van der Waals surface area contributed by atoms with Crippen molar-refractivity contribution in [3.8, 4) is 11.3 Å². The molecule has 4 rings (SSSR count). The van der Waals surface area contributed by atoms with Crippen molar-refractivity contribution in [1.29, 1.82) is 0 Å². The predicted octanol–water partition coefficient (Wildman–Crippen LogP) is 1.35. The number of hydrogen-bond acceptors (Lipinski definition) is 6. The maximum absolute atomic E-state index is 14.0. The standard InChI is InChI=1S/C15H15FN6O/c16-12-2-1-10(17)7-11(12)13-9-22-15(19-13)18-8-14(20-22)21-3-5-23-6-4-21/h1-2,7-9H,3-6,17H2. The van der Waals surface area contributed by atoms with E-state index in [0.717, 1.165) is 18.9 Å². The summed E-state index contributed by atoms with van der Waals surface area (Å²) in [6.45, 7) is 2.88. The minimum absolute atomic E-state index is 0.338. The van der Waals surface area contributed by atoms with Gasteiger partial charge in [0.1, 0.15) is 5.82 Å². The van der Waals surface area contributed by atoms with E-state index in [-0.39, 0.29) is 5.82 Å². The van der Waals surface area contributed by atoms with E-state index in [9.17, 15) is 4.39 Å². The Bertz CT molecular complexity index is 858. The molecule has 1 saturated heterocycles. The molecule has 2 aromatic heterocycles. The second-order valence-corrected chi connectivity index (χ2v) is 5.33. The monoisotopic (exact) mass is 314 g/mol. The molecule has 0 atom stereocenters. The summed E-state index contributed by atoms with van der Waals surface area (Å²) >= 11 is 0. The number of hydrogen-bond donors (Lipinski definition) is 1. The van der Waals surface area contributed by atoms with Crippen LogP contribution in [0.1, 0.15) is 0 Å². The summed E-state index contributed by atoms with van der Waals surface area (Å²) in [5.41, 5.74) is 7.00. The van der Waals surface area contributed by atoms with E-state index in [1.165, 1.54) is 12.1 Å². The van der Waals surface area contributed by atoms with Gasteiger partial charge >= 0.3 is 0 Å². The molecule has 0 spiro atoms. The lowest BCUT2D eigenvalue weighted by Gasteiger charge is -2.27. The fraction of sp³-hybridized carbons (Fsp3) is 0.267. The Hall–Kier alpha value is -2.74. The van der Waals surface area contributed by atoms with Crippen LogP contribution in [0, 0.1) is 5.82 Å². The lowest BCUT2D eigenvalue weighted by atomic mass is 10.1. The van der Waals surface area contributed by atoms with Crippen LogP contribution in [0.25, 0.3) is 17.0 Å². The topological polar surface area (TPSA) is 81.6 Å². The van der Waals surface area contributed by atoms with Crippen molar-refractivity contribution in [2.45, 2.75) is 0 Å². The van der Waals surface area contributed by atoms with Crippen molar-refractivity contribution in [3.63, 3.8) is 0 Å². The molecule has 7 nitrogen and oxygen atoms in total. The molecule has 0 bridgehead atoms. The van der Waals surface area contributed by atoms with Crippen LogP contribution in [0.2, 0.25) is 0 Å². The molecule has 3 aromatic rings. The van der Waals surface area contributed by atoms with E-state index in [1.807, 2.05) is 0 Å². The molecule has 0 amide bonds. The summed E-state index contributed by atoms with van der Waals surface area (Å²) in [4.78, 5) is 10.7. The van der Waals surface area contributed by atoms with Crippen molar-refractivity contribution in [3.05, 3.63) is 36.4 Å². The number of nitrogens with two attached hydrogens (primary N) is 1. The van der Waals surface area contributed by atoms with E-state index in [2.05, 4.69) is 20.0 Å². The highest BCUT2D eigenvalue weighted by Crippen LogP contribution is 2.24. The first-order valence-electron chi connectivity index (χ1n) is 7.31. The number of ether oxygens (including phenoxy) is 1. The van der Waals surface area contributed by atoms with Gasteiger partial charge in [-0.15, -0.1) is 5.10 Å². The number of rotatable bonds is 2. The first kappa shape index (κ1) is 13.9. The quantitative estimate of drug-likeness (QED) is 0.719. The van der Waals surface area contributed by atoms with Crippen molar-refractivity contribution in [2.24, 2.45) is 0 Å². The van der Waals surface area contributed by atoms with E-state index < -0.39 is 0 Å². The second-order valence-electron chi connectivity index (χ2n) is 5.33. The van der Waals surface area contributed by atoms with E-state index in [4.69, 9.17) is 10.5 Å². The van der Waals surface area contributed by atoms with Crippen LogP contribution in [0.15, 0.2) is 30.6 Å². The molecule has 8 heteroatoms. The van der Waals surface area contributed by atoms with Crippen LogP contribution in [0.3, 0.4) is 0 Å². The normalized spacial score (nSPS) is 15.3. The lowest BCUT2D eigenvalue weighted by molar-refractivity contribution is 0.122. The van der Waals surface area contributed by atoms with Crippen LogP contribution in [0.5, 0.6) is 0 Å². The van der Waals surface area contributed by atoms with Gasteiger partial charge in [0, 0.05) is 24.3 Å². The third kappa shape index (κ3) is 2.57. The molecule has 118 valence electrons. The lowest BCUT2D eigenvalue weighted by Crippen LogP contribution is -2.37.